The summed E-state index contributed by atoms with van der Waals surface area (Å²) in [4.78, 5) is 17.8. The smallest absolute Gasteiger partial charge is 0.368 e. The maximum atomic E-state index is 13.9. The molecule has 1 N–H and O–H groups in total. The summed E-state index contributed by atoms with van der Waals surface area (Å²) in [5.41, 5.74) is -3.39. The van der Waals surface area contributed by atoms with Gasteiger partial charge in [-0.15, -0.1) is 0 Å². The van der Waals surface area contributed by atoms with E-state index in [9.17, 15) is 35.5 Å². The van der Waals surface area contributed by atoms with Crippen LogP contribution in [-0.4, -0.2) is 30.5 Å². The molecule has 2 aromatic rings. The van der Waals surface area contributed by atoms with Gasteiger partial charge in [0.05, 0.1) is 16.8 Å². The molecule has 1 aliphatic rings. The first-order valence-electron chi connectivity index (χ1n) is 10.3. The van der Waals surface area contributed by atoms with Crippen molar-refractivity contribution in [3.05, 3.63) is 59.2 Å². The summed E-state index contributed by atoms with van der Waals surface area (Å²) < 4.78 is 91.9. The van der Waals surface area contributed by atoms with Gasteiger partial charge in [-0.2, -0.15) is 30.7 Å². The van der Waals surface area contributed by atoms with Crippen molar-refractivity contribution in [1.82, 2.24) is 10.3 Å². The summed E-state index contributed by atoms with van der Waals surface area (Å²) in [6.07, 6.45) is -5.99. The second-order valence-corrected chi connectivity index (χ2v) is 8.10. The van der Waals surface area contributed by atoms with Gasteiger partial charge in [-0.3, -0.25) is 4.79 Å². The van der Waals surface area contributed by atoms with Crippen molar-refractivity contribution in [2.75, 3.05) is 18.5 Å². The fraction of sp³-hybridized carbons (Fsp3) is 0.455. The van der Waals surface area contributed by atoms with E-state index in [1.54, 1.807) is 24.1 Å². The highest BCUT2D eigenvalue weighted by Crippen LogP contribution is 2.36. The summed E-state index contributed by atoms with van der Waals surface area (Å²) in [6.45, 7) is 0.119. The van der Waals surface area contributed by atoms with Gasteiger partial charge in [-0.1, -0.05) is 0 Å². The number of halogens is 7. The standard InChI is InChI=1S/C22H22F7N3O/c1-32(18-3-2-8-30-19(18)23)17-6-4-13(5-7-17)12-31-20(33)14-9-15(21(24,25)26)11-16(10-14)22(27,28)29/h2-3,8-11,13,17H,4-7,12H2,1H3,(H,31,33). The Hall–Kier alpha value is -2.85. The van der Waals surface area contributed by atoms with Gasteiger partial charge in [0.1, 0.15) is 0 Å². The second kappa shape index (κ2) is 9.56. The zero-order valence-corrected chi connectivity index (χ0v) is 17.6. The number of alkyl halides is 6. The first-order valence-corrected chi connectivity index (χ1v) is 10.3. The quantitative estimate of drug-likeness (QED) is 0.445. The number of benzene rings is 1. The van der Waals surface area contributed by atoms with Crippen LogP contribution in [0.15, 0.2) is 36.5 Å². The molecule has 1 heterocycles. The Balaban J connectivity index is 1.60. The molecule has 0 spiro atoms. The average Bonchev–Trinajstić information content (AvgIpc) is 2.76. The topological polar surface area (TPSA) is 45.2 Å². The number of anilines is 1. The molecule has 0 unspecified atom stereocenters. The molecule has 33 heavy (non-hydrogen) atoms. The lowest BCUT2D eigenvalue weighted by atomic mass is 9.85. The van der Waals surface area contributed by atoms with E-state index < -0.39 is 40.9 Å². The summed E-state index contributed by atoms with van der Waals surface area (Å²) in [5.74, 6) is -1.57. The van der Waals surface area contributed by atoms with E-state index in [1.807, 2.05) is 0 Å². The number of aromatic nitrogens is 1. The molecule has 1 aromatic carbocycles. The van der Waals surface area contributed by atoms with E-state index >= 15 is 0 Å². The van der Waals surface area contributed by atoms with Crippen LogP contribution in [0, 0.1) is 11.9 Å². The van der Waals surface area contributed by atoms with Crippen molar-refractivity contribution in [3.63, 3.8) is 0 Å². The van der Waals surface area contributed by atoms with Gasteiger partial charge in [-0.05, 0) is 61.9 Å². The lowest BCUT2D eigenvalue weighted by Gasteiger charge is -2.36. The van der Waals surface area contributed by atoms with Crippen LogP contribution in [0.1, 0.15) is 47.2 Å². The van der Waals surface area contributed by atoms with Crippen LogP contribution in [0.25, 0.3) is 0 Å². The normalized spacial score (nSPS) is 19.3. The summed E-state index contributed by atoms with van der Waals surface area (Å²) in [6, 6.07) is 4.12. The molecule has 3 rings (SSSR count). The van der Waals surface area contributed by atoms with Crippen LogP contribution in [0.3, 0.4) is 0 Å². The van der Waals surface area contributed by atoms with Gasteiger partial charge in [0.2, 0.25) is 5.95 Å². The summed E-state index contributed by atoms with van der Waals surface area (Å²) in [7, 11) is 1.76. The highest BCUT2D eigenvalue weighted by Gasteiger charge is 2.37. The Morgan fingerprint density at radius 2 is 1.61 bits per heavy atom. The van der Waals surface area contributed by atoms with Crippen molar-refractivity contribution in [2.45, 2.75) is 44.1 Å². The molecular weight excluding hydrogens is 455 g/mol. The number of rotatable bonds is 5. The zero-order valence-electron chi connectivity index (χ0n) is 17.6. The Morgan fingerprint density at radius 3 is 2.12 bits per heavy atom. The molecule has 1 aromatic heterocycles. The van der Waals surface area contributed by atoms with Crippen LogP contribution in [0.4, 0.5) is 36.4 Å². The van der Waals surface area contributed by atoms with E-state index in [0.29, 0.717) is 43.5 Å². The first-order chi connectivity index (χ1) is 15.4. The molecule has 0 aliphatic heterocycles. The number of hydrogen-bond donors (Lipinski definition) is 1. The molecule has 1 aliphatic carbocycles. The Kier molecular flexibility index (Phi) is 7.18. The van der Waals surface area contributed by atoms with E-state index in [-0.39, 0.29) is 24.6 Å². The summed E-state index contributed by atoms with van der Waals surface area (Å²) >= 11 is 0. The molecule has 180 valence electrons. The predicted molar refractivity (Wildman–Crippen MR) is 107 cm³/mol. The van der Waals surface area contributed by atoms with Gasteiger partial charge < -0.3 is 10.2 Å². The van der Waals surface area contributed by atoms with Crippen LogP contribution in [-0.2, 0) is 12.4 Å². The minimum Gasteiger partial charge on any atom is -0.368 e. The average molecular weight is 477 g/mol. The lowest BCUT2D eigenvalue weighted by Crippen LogP contribution is -2.38. The number of amides is 1. The summed E-state index contributed by atoms with van der Waals surface area (Å²) in [5, 5.41) is 2.45. The van der Waals surface area contributed by atoms with Crippen molar-refractivity contribution in [1.29, 1.82) is 0 Å². The van der Waals surface area contributed by atoms with Gasteiger partial charge in [-0.25, -0.2) is 4.98 Å². The highest BCUT2D eigenvalue weighted by atomic mass is 19.4. The van der Waals surface area contributed by atoms with Crippen molar-refractivity contribution in [3.8, 4) is 0 Å². The van der Waals surface area contributed by atoms with Crippen molar-refractivity contribution >= 4 is 11.6 Å². The lowest BCUT2D eigenvalue weighted by molar-refractivity contribution is -0.143. The van der Waals surface area contributed by atoms with Gasteiger partial charge in [0.15, 0.2) is 0 Å². The van der Waals surface area contributed by atoms with E-state index in [1.165, 1.54) is 6.20 Å². The fourth-order valence-electron chi connectivity index (χ4n) is 4.00. The zero-order chi connectivity index (χ0) is 24.4. The van der Waals surface area contributed by atoms with Crippen LogP contribution < -0.4 is 10.2 Å². The van der Waals surface area contributed by atoms with Gasteiger partial charge >= 0.3 is 12.4 Å². The maximum Gasteiger partial charge on any atom is 0.416 e. The highest BCUT2D eigenvalue weighted by molar-refractivity contribution is 5.94. The minimum absolute atomic E-state index is 0.00484. The Labute approximate surface area is 185 Å². The third-order valence-electron chi connectivity index (χ3n) is 5.88. The molecule has 1 amide bonds. The van der Waals surface area contributed by atoms with Gasteiger partial charge in [0.25, 0.3) is 5.91 Å². The second-order valence-electron chi connectivity index (χ2n) is 8.10. The van der Waals surface area contributed by atoms with E-state index in [0.717, 1.165) is 0 Å². The number of pyridine rings is 1. The molecule has 11 heteroatoms. The first kappa shape index (κ1) is 24.8. The fourth-order valence-corrected chi connectivity index (χ4v) is 4.00. The number of nitrogens with one attached hydrogen (secondary N) is 1. The van der Waals surface area contributed by atoms with Crippen LogP contribution in [0.5, 0.6) is 0 Å². The van der Waals surface area contributed by atoms with E-state index in [2.05, 4.69) is 10.3 Å². The van der Waals surface area contributed by atoms with Crippen molar-refractivity contribution in [2.24, 2.45) is 5.92 Å². The van der Waals surface area contributed by atoms with Crippen molar-refractivity contribution < 1.29 is 35.5 Å². The SMILES string of the molecule is CN(c1cccnc1F)C1CCC(CNC(=O)c2cc(C(F)(F)F)cc(C(F)(F)F)c2)CC1. The molecule has 0 bridgehead atoms. The molecular formula is C22H22F7N3O. The Morgan fingerprint density at radius 1 is 1.03 bits per heavy atom. The van der Waals surface area contributed by atoms with E-state index in [4.69, 9.17) is 0 Å². The third-order valence-corrected chi connectivity index (χ3v) is 5.88. The third kappa shape index (κ3) is 6.14. The van der Waals surface area contributed by atoms with Gasteiger partial charge in [0, 0.05) is 31.4 Å². The predicted octanol–water partition coefficient (Wildman–Crippen LogP) is 5.68. The molecule has 0 atom stereocenters. The number of nitrogens with zero attached hydrogens (tertiary/aromatic N) is 2. The Bertz CT molecular complexity index is 950. The molecule has 4 nitrogen and oxygen atoms in total. The largest absolute Gasteiger partial charge is 0.416 e. The monoisotopic (exact) mass is 477 g/mol. The molecule has 0 saturated heterocycles. The molecule has 1 saturated carbocycles. The number of carbonyl (C=O) groups is 1. The van der Waals surface area contributed by atoms with Crippen LogP contribution in [0.2, 0.25) is 0 Å². The number of carbonyl (C=O) groups excluding carboxylic acids is 1. The number of hydrogen-bond acceptors (Lipinski definition) is 3. The van der Waals surface area contributed by atoms with Crippen LogP contribution >= 0.6 is 0 Å². The molecule has 1 fully saturated rings. The minimum atomic E-state index is -5.02. The molecule has 0 radical (unpaired) electrons. The maximum absolute atomic E-state index is 13.9.